The van der Waals surface area contributed by atoms with Crippen molar-refractivity contribution < 1.29 is 8.42 Å². The molecular formula is C14H27N3O2S. The van der Waals surface area contributed by atoms with Gasteiger partial charge in [0.1, 0.15) is 0 Å². The van der Waals surface area contributed by atoms with Crippen LogP contribution in [0, 0.1) is 23.7 Å². The Labute approximate surface area is 122 Å². The first-order chi connectivity index (χ1) is 9.50. The molecule has 1 aliphatic heterocycles. The Morgan fingerprint density at radius 3 is 2.55 bits per heavy atom. The van der Waals surface area contributed by atoms with E-state index in [1.54, 1.807) is 4.31 Å². The first-order valence-corrected chi connectivity index (χ1v) is 9.77. The summed E-state index contributed by atoms with van der Waals surface area (Å²) in [5.41, 5.74) is 3.03. The lowest BCUT2D eigenvalue weighted by Crippen LogP contribution is -2.44. The van der Waals surface area contributed by atoms with Gasteiger partial charge in [-0.25, -0.2) is 12.7 Å². The number of nitrogens with zero attached hydrogens (tertiary/aromatic N) is 1. The van der Waals surface area contributed by atoms with Crippen molar-refractivity contribution in [3.8, 4) is 0 Å². The maximum absolute atomic E-state index is 11.7. The molecule has 4 unspecified atom stereocenters. The van der Waals surface area contributed by atoms with E-state index in [1.807, 2.05) is 0 Å². The molecule has 0 aromatic heterocycles. The molecule has 1 heterocycles. The van der Waals surface area contributed by atoms with Crippen LogP contribution in [0.15, 0.2) is 0 Å². The van der Waals surface area contributed by atoms with Crippen LogP contribution in [0.3, 0.4) is 0 Å². The lowest BCUT2D eigenvalue weighted by molar-refractivity contribution is 0.225. The molecule has 0 spiro atoms. The third-order valence-corrected chi connectivity index (χ3v) is 6.96. The Morgan fingerprint density at radius 1 is 1.25 bits per heavy atom. The monoisotopic (exact) mass is 301 g/mol. The van der Waals surface area contributed by atoms with E-state index in [0.717, 1.165) is 37.0 Å². The summed E-state index contributed by atoms with van der Waals surface area (Å²) in [7, 11) is -3.04. The predicted octanol–water partition coefficient (Wildman–Crippen LogP) is 0.926. The highest BCUT2D eigenvalue weighted by molar-refractivity contribution is 7.88. The summed E-state index contributed by atoms with van der Waals surface area (Å²) in [6, 6.07) is 0.384. The minimum absolute atomic E-state index is 0.384. The molecule has 0 amide bonds. The summed E-state index contributed by atoms with van der Waals surface area (Å²) in [6.07, 6.45) is 8.58. The average molecular weight is 301 g/mol. The Kier molecular flexibility index (Phi) is 4.10. The van der Waals surface area contributed by atoms with Crippen LogP contribution >= 0.6 is 0 Å². The first-order valence-electron chi connectivity index (χ1n) is 7.92. The topological polar surface area (TPSA) is 75.4 Å². The number of piperidine rings is 1. The van der Waals surface area contributed by atoms with Gasteiger partial charge in [0.05, 0.1) is 6.26 Å². The van der Waals surface area contributed by atoms with Gasteiger partial charge in [0.2, 0.25) is 10.0 Å². The smallest absolute Gasteiger partial charge is 0.211 e. The quantitative estimate of drug-likeness (QED) is 0.585. The van der Waals surface area contributed by atoms with Crippen LogP contribution in [0.2, 0.25) is 0 Å². The van der Waals surface area contributed by atoms with Crippen molar-refractivity contribution in [2.24, 2.45) is 29.5 Å². The fourth-order valence-corrected chi connectivity index (χ4v) is 5.63. The van der Waals surface area contributed by atoms with Gasteiger partial charge in [0, 0.05) is 19.1 Å². The zero-order valence-corrected chi connectivity index (χ0v) is 13.1. The highest BCUT2D eigenvalue weighted by Crippen LogP contribution is 2.59. The van der Waals surface area contributed by atoms with E-state index in [1.165, 1.54) is 25.5 Å². The molecule has 2 saturated carbocycles. The van der Waals surface area contributed by atoms with Crippen LogP contribution in [-0.4, -0.2) is 38.1 Å². The number of hydrogen-bond acceptors (Lipinski definition) is 4. The van der Waals surface area contributed by atoms with Crippen molar-refractivity contribution in [2.75, 3.05) is 19.3 Å². The van der Waals surface area contributed by atoms with Crippen molar-refractivity contribution in [3.63, 3.8) is 0 Å². The Balaban J connectivity index is 1.56. The molecule has 0 radical (unpaired) electrons. The summed E-state index contributed by atoms with van der Waals surface area (Å²) in [5.74, 6) is 8.77. The van der Waals surface area contributed by atoms with Crippen molar-refractivity contribution >= 4 is 10.0 Å². The fourth-order valence-electron chi connectivity index (χ4n) is 4.69. The van der Waals surface area contributed by atoms with Gasteiger partial charge in [-0.1, -0.05) is 6.42 Å². The minimum Gasteiger partial charge on any atom is -0.271 e. The summed E-state index contributed by atoms with van der Waals surface area (Å²) in [6.45, 7) is 1.36. The van der Waals surface area contributed by atoms with Gasteiger partial charge in [-0.05, 0) is 55.8 Å². The van der Waals surface area contributed by atoms with Crippen LogP contribution in [0.1, 0.15) is 38.5 Å². The highest BCUT2D eigenvalue weighted by atomic mass is 32.2. The van der Waals surface area contributed by atoms with E-state index < -0.39 is 10.0 Å². The van der Waals surface area contributed by atoms with Crippen LogP contribution in [0.5, 0.6) is 0 Å². The first kappa shape index (κ1) is 14.8. The summed E-state index contributed by atoms with van der Waals surface area (Å²) >= 11 is 0. The second kappa shape index (κ2) is 5.55. The van der Waals surface area contributed by atoms with Crippen LogP contribution in [0.25, 0.3) is 0 Å². The zero-order valence-electron chi connectivity index (χ0n) is 12.3. The Morgan fingerprint density at radius 2 is 1.95 bits per heavy atom. The van der Waals surface area contributed by atoms with Crippen molar-refractivity contribution in [3.05, 3.63) is 0 Å². The van der Waals surface area contributed by atoms with E-state index in [0.29, 0.717) is 25.0 Å². The van der Waals surface area contributed by atoms with Gasteiger partial charge in [-0.15, -0.1) is 0 Å². The number of hydrogen-bond donors (Lipinski definition) is 2. The van der Waals surface area contributed by atoms with E-state index in [-0.39, 0.29) is 0 Å². The summed E-state index contributed by atoms with van der Waals surface area (Å²) in [4.78, 5) is 0. The second-order valence-electron chi connectivity index (χ2n) is 6.97. The molecular weight excluding hydrogens is 274 g/mol. The molecule has 0 aromatic carbocycles. The largest absolute Gasteiger partial charge is 0.271 e. The van der Waals surface area contributed by atoms with Gasteiger partial charge in [-0.3, -0.25) is 11.3 Å². The number of fused-ring (bicyclic) bond motifs is 1. The number of nitrogens with one attached hydrogen (secondary N) is 1. The molecule has 3 aliphatic rings. The van der Waals surface area contributed by atoms with E-state index in [4.69, 9.17) is 5.84 Å². The SMILES string of the molecule is CS(=O)(=O)N1CCCC(CC(NN)C2C3CCCC32)C1. The fraction of sp³-hybridized carbons (Fsp3) is 1.00. The van der Waals surface area contributed by atoms with Gasteiger partial charge in [0.15, 0.2) is 0 Å². The van der Waals surface area contributed by atoms with E-state index in [2.05, 4.69) is 5.43 Å². The molecule has 0 aromatic rings. The maximum Gasteiger partial charge on any atom is 0.211 e. The van der Waals surface area contributed by atoms with Crippen LogP contribution < -0.4 is 11.3 Å². The number of nitrogens with two attached hydrogens (primary N) is 1. The molecule has 4 atom stereocenters. The lowest BCUT2D eigenvalue weighted by atomic mass is 9.89. The molecule has 2 aliphatic carbocycles. The Bertz CT molecular complexity index is 443. The zero-order chi connectivity index (χ0) is 14.3. The number of rotatable bonds is 5. The maximum atomic E-state index is 11.7. The molecule has 1 saturated heterocycles. The van der Waals surface area contributed by atoms with Gasteiger partial charge in [-0.2, -0.15) is 0 Å². The van der Waals surface area contributed by atoms with Crippen molar-refractivity contribution in [2.45, 2.75) is 44.6 Å². The normalized spacial score (nSPS) is 39.5. The Hall–Kier alpha value is -0.170. The predicted molar refractivity (Wildman–Crippen MR) is 79.2 cm³/mol. The molecule has 20 heavy (non-hydrogen) atoms. The molecule has 5 nitrogen and oxygen atoms in total. The van der Waals surface area contributed by atoms with Gasteiger partial charge < -0.3 is 0 Å². The van der Waals surface area contributed by atoms with Crippen molar-refractivity contribution in [1.82, 2.24) is 9.73 Å². The van der Waals surface area contributed by atoms with E-state index in [9.17, 15) is 8.42 Å². The molecule has 116 valence electrons. The molecule has 3 rings (SSSR count). The molecule has 3 fully saturated rings. The van der Waals surface area contributed by atoms with Crippen LogP contribution in [0.4, 0.5) is 0 Å². The third kappa shape index (κ3) is 2.89. The molecule has 3 N–H and O–H groups in total. The highest BCUT2D eigenvalue weighted by Gasteiger charge is 2.55. The third-order valence-electron chi connectivity index (χ3n) is 5.69. The average Bonchev–Trinajstić information content (AvgIpc) is 2.88. The van der Waals surface area contributed by atoms with Gasteiger partial charge in [0.25, 0.3) is 0 Å². The lowest BCUT2D eigenvalue weighted by Gasteiger charge is -2.33. The minimum atomic E-state index is -3.04. The summed E-state index contributed by atoms with van der Waals surface area (Å²) in [5, 5.41) is 0. The summed E-state index contributed by atoms with van der Waals surface area (Å²) < 4.78 is 25.0. The second-order valence-corrected chi connectivity index (χ2v) is 8.96. The number of hydrazine groups is 1. The number of sulfonamides is 1. The molecule has 0 bridgehead atoms. The standard InChI is InChI=1S/C14H27N3O2S/c1-20(18,19)17-7-3-4-10(9-17)8-13(16-15)14-11-5-2-6-12(11)14/h10-14,16H,2-9,15H2,1H3. The van der Waals surface area contributed by atoms with Crippen LogP contribution in [-0.2, 0) is 10.0 Å². The molecule has 6 heteroatoms. The van der Waals surface area contributed by atoms with Gasteiger partial charge >= 0.3 is 0 Å². The van der Waals surface area contributed by atoms with Crippen molar-refractivity contribution in [1.29, 1.82) is 0 Å². The van der Waals surface area contributed by atoms with E-state index >= 15 is 0 Å².